The van der Waals surface area contributed by atoms with Crippen molar-refractivity contribution in [2.45, 2.75) is 12.3 Å². The van der Waals surface area contributed by atoms with Crippen LogP contribution in [0.15, 0.2) is 36.4 Å². The van der Waals surface area contributed by atoms with E-state index in [1.807, 2.05) is 0 Å². The van der Waals surface area contributed by atoms with Gasteiger partial charge in [0.25, 0.3) is 0 Å². The quantitative estimate of drug-likeness (QED) is 0.894. The molecule has 0 saturated carbocycles. The van der Waals surface area contributed by atoms with Gasteiger partial charge in [-0.3, -0.25) is 9.59 Å². The molecule has 2 aromatic carbocycles. The van der Waals surface area contributed by atoms with E-state index in [-0.39, 0.29) is 18.2 Å². The molecule has 0 spiro atoms. The SMILES string of the molecule is COc1ccc(NC(=O)[C@@H]2CC(=O)Nc3cc(F)ccc32)cc1OC. The Morgan fingerprint density at radius 3 is 2.64 bits per heavy atom. The number of methoxy groups -OCH3 is 2. The Morgan fingerprint density at radius 2 is 1.92 bits per heavy atom. The zero-order valence-electron chi connectivity index (χ0n) is 13.8. The van der Waals surface area contributed by atoms with Gasteiger partial charge in [-0.15, -0.1) is 0 Å². The van der Waals surface area contributed by atoms with E-state index in [0.29, 0.717) is 28.4 Å². The highest BCUT2D eigenvalue weighted by Crippen LogP contribution is 2.35. The standard InChI is InChI=1S/C18H17FN2O4/c1-24-15-6-4-11(8-16(15)25-2)20-18(23)13-9-17(22)21-14-7-10(19)3-5-12(13)14/h3-8,13H,9H2,1-2H3,(H,20,23)(H,21,22)/t13-/m1/s1. The highest BCUT2D eigenvalue weighted by molar-refractivity contribution is 6.05. The molecule has 0 aliphatic carbocycles. The van der Waals surface area contributed by atoms with E-state index in [4.69, 9.17) is 9.47 Å². The first-order chi connectivity index (χ1) is 12.0. The Bertz CT molecular complexity index is 838. The van der Waals surface area contributed by atoms with Gasteiger partial charge in [0.2, 0.25) is 11.8 Å². The number of carbonyl (C=O) groups is 2. The average molecular weight is 344 g/mol. The molecule has 3 rings (SSSR count). The molecular weight excluding hydrogens is 327 g/mol. The van der Waals surface area contributed by atoms with Crippen LogP contribution in [-0.4, -0.2) is 26.0 Å². The molecule has 25 heavy (non-hydrogen) atoms. The van der Waals surface area contributed by atoms with E-state index in [2.05, 4.69) is 10.6 Å². The summed E-state index contributed by atoms with van der Waals surface area (Å²) in [4.78, 5) is 24.5. The van der Waals surface area contributed by atoms with Crippen LogP contribution >= 0.6 is 0 Å². The molecule has 130 valence electrons. The maximum absolute atomic E-state index is 13.4. The van der Waals surface area contributed by atoms with Crippen LogP contribution in [0.5, 0.6) is 11.5 Å². The van der Waals surface area contributed by atoms with Crippen LogP contribution in [-0.2, 0) is 9.59 Å². The largest absolute Gasteiger partial charge is 0.493 e. The third-order valence-electron chi connectivity index (χ3n) is 4.02. The first-order valence-electron chi connectivity index (χ1n) is 7.64. The second-order valence-corrected chi connectivity index (χ2v) is 5.60. The van der Waals surface area contributed by atoms with Gasteiger partial charge in [0.05, 0.1) is 20.1 Å². The summed E-state index contributed by atoms with van der Waals surface area (Å²) in [5.74, 6) is -0.833. The van der Waals surface area contributed by atoms with Crippen LogP contribution in [0.3, 0.4) is 0 Å². The number of amides is 2. The summed E-state index contributed by atoms with van der Waals surface area (Å²) in [6.07, 6.45) is -0.00223. The Morgan fingerprint density at radius 1 is 1.16 bits per heavy atom. The molecule has 2 N–H and O–H groups in total. The van der Waals surface area contributed by atoms with Gasteiger partial charge in [-0.2, -0.15) is 0 Å². The molecule has 0 bridgehead atoms. The van der Waals surface area contributed by atoms with Crippen LogP contribution in [0.1, 0.15) is 17.9 Å². The van der Waals surface area contributed by atoms with Crippen LogP contribution in [0.25, 0.3) is 0 Å². The number of carbonyl (C=O) groups excluding carboxylic acids is 2. The maximum atomic E-state index is 13.4. The Hall–Kier alpha value is -3.09. The van der Waals surface area contributed by atoms with Gasteiger partial charge in [-0.1, -0.05) is 6.07 Å². The minimum atomic E-state index is -0.697. The third kappa shape index (κ3) is 3.40. The van der Waals surface area contributed by atoms with E-state index in [9.17, 15) is 14.0 Å². The number of fused-ring (bicyclic) bond motifs is 1. The number of halogens is 1. The van der Waals surface area contributed by atoms with Crippen LogP contribution in [0.4, 0.5) is 15.8 Å². The lowest BCUT2D eigenvalue weighted by atomic mass is 9.89. The third-order valence-corrected chi connectivity index (χ3v) is 4.02. The Balaban J connectivity index is 1.86. The normalized spacial score (nSPS) is 15.8. The van der Waals surface area contributed by atoms with Crippen molar-refractivity contribution in [2.24, 2.45) is 0 Å². The first-order valence-corrected chi connectivity index (χ1v) is 7.64. The molecule has 0 radical (unpaired) electrons. The molecular formula is C18H17FN2O4. The number of hydrogen-bond donors (Lipinski definition) is 2. The monoisotopic (exact) mass is 344 g/mol. The number of anilines is 2. The second kappa shape index (κ2) is 6.80. The molecule has 6 nitrogen and oxygen atoms in total. The lowest BCUT2D eigenvalue weighted by Gasteiger charge is -2.25. The molecule has 2 amide bonds. The van der Waals surface area contributed by atoms with Crippen LogP contribution < -0.4 is 20.1 Å². The van der Waals surface area contributed by atoms with Gasteiger partial charge in [-0.25, -0.2) is 4.39 Å². The first kappa shape index (κ1) is 16.8. The number of ether oxygens (including phenoxy) is 2. The highest BCUT2D eigenvalue weighted by Gasteiger charge is 2.31. The molecule has 2 aromatic rings. The van der Waals surface area contributed by atoms with Crippen molar-refractivity contribution in [1.29, 1.82) is 0 Å². The van der Waals surface area contributed by atoms with Gasteiger partial charge in [0.15, 0.2) is 11.5 Å². The van der Waals surface area contributed by atoms with Crippen molar-refractivity contribution in [2.75, 3.05) is 24.9 Å². The lowest BCUT2D eigenvalue weighted by molar-refractivity contribution is -0.123. The van der Waals surface area contributed by atoms with Gasteiger partial charge in [-0.05, 0) is 29.8 Å². The van der Waals surface area contributed by atoms with Gasteiger partial charge in [0.1, 0.15) is 5.82 Å². The summed E-state index contributed by atoms with van der Waals surface area (Å²) in [7, 11) is 3.02. The van der Waals surface area contributed by atoms with Crippen molar-refractivity contribution >= 4 is 23.2 Å². The van der Waals surface area contributed by atoms with Crippen molar-refractivity contribution in [3.05, 3.63) is 47.8 Å². The van der Waals surface area contributed by atoms with E-state index in [1.54, 1.807) is 18.2 Å². The van der Waals surface area contributed by atoms with Crippen LogP contribution in [0.2, 0.25) is 0 Å². The molecule has 1 atom stereocenters. The molecule has 0 fully saturated rings. The van der Waals surface area contributed by atoms with Crippen molar-refractivity contribution in [3.63, 3.8) is 0 Å². The summed E-state index contributed by atoms with van der Waals surface area (Å²) in [6, 6.07) is 8.98. The van der Waals surface area contributed by atoms with Crippen LogP contribution in [0, 0.1) is 5.82 Å². The number of hydrogen-bond acceptors (Lipinski definition) is 4. The zero-order valence-corrected chi connectivity index (χ0v) is 13.8. The number of benzene rings is 2. The Labute approximate surface area is 143 Å². The summed E-state index contributed by atoms with van der Waals surface area (Å²) in [6.45, 7) is 0. The van der Waals surface area contributed by atoms with Gasteiger partial charge < -0.3 is 20.1 Å². The van der Waals surface area contributed by atoms with Crippen molar-refractivity contribution < 1.29 is 23.5 Å². The molecule has 1 aliphatic rings. The summed E-state index contributed by atoms with van der Waals surface area (Å²) in [5, 5.41) is 5.35. The fourth-order valence-electron chi connectivity index (χ4n) is 2.81. The summed E-state index contributed by atoms with van der Waals surface area (Å²) < 4.78 is 23.7. The maximum Gasteiger partial charge on any atom is 0.232 e. The summed E-state index contributed by atoms with van der Waals surface area (Å²) >= 11 is 0. The van der Waals surface area contributed by atoms with Crippen molar-refractivity contribution in [3.8, 4) is 11.5 Å². The lowest BCUT2D eigenvalue weighted by Crippen LogP contribution is -2.30. The minimum Gasteiger partial charge on any atom is -0.493 e. The van der Waals surface area contributed by atoms with Crippen molar-refractivity contribution in [1.82, 2.24) is 0 Å². The smallest absolute Gasteiger partial charge is 0.232 e. The van der Waals surface area contributed by atoms with Gasteiger partial charge in [0, 0.05) is 23.9 Å². The predicted octanol–water partition coefficient (Wildman–Crippen LogP) is 2.91. The van der Waals surface area contributed by atoms with Gasteiger partial charge >= 0.3 is 0 Å². The Kier molecular flexibility index (Phi) is 4.56. The molecule has 7 heteroatoms. The molecule has 1 aliphatic heterocycles. The molecule has 0 saturated heterocycles. The molecule has 0 aromatic heterocycles. The minimum absolute atomic E-state index is 0.00223. The van der Waals surface area contributed by atoms with E-state index in [1.165, 1.54) is 32.4 Å². The highest BCUT2D eigenvalue weighted by atomic mass is 19.1. The number of nitrogens with one attached hydrogen (secondary N) is 2. The molecule has 1 heterocycles. The topological polar surface area (TPSA) is 76.7 Å². The zero-order chi connectivity index (χ0) is 18.0. The fourth-order valence-corrected chi connectivity index (χ4v) is 2.81. The summed E-state index contributed by atoms with van der Waals surface area (Å²) in [5.41, 5.74) is 1.42. The average Bonchev–Trinajstić information content (AvgIpc) is 2.60. The predicted molar refractivity (Wildman–Crippen MR) is 90.6 cm³/mol. The number of rotatable bonds is 4. The second-order valence-electron chi connectivity index (χ2n) is 5.60. The van der Waals surface area contributed by atoms with E-state index < -0.39 is 11.7 Å². The molecule has 0 unspecified atom stereocenters. The fraction of sp³-hybridized carbons (Fsp3) is 0.222. The van der Waals surface area contributed by atoms with E-state index >= 15 is 0 Å². The van der Waals surface area contributed by atoms with E-state index in [0.717, 1.165) is 0 Å².